The molecule has 29 heavy (non-hydrogen) atoms. The molecule has 0 spiro atoms. The Labute approximate surface area is 177 Å². The maximum absolute atomic E-state index is 12.3. The zero-order chi connectivity index (χ0) is 20.2. The number of ether oxygens (including phenoxy) is 1. The average molecular weight is 425 g/mol. The predicted octanol–water partition coefficient (Wildman–Crippen LogP) is 5.89. The molecular formula is C22H17ClN2O3S. The molecule has 0 atom stereocenters. The van der Waals surface area contributed by atoms with Crippen LogP contribution in [0.25, 0.3) is 17.4 Å². The van der Waals surface area contributed by atoms with Crippen molar-refractivity contribution in [1.82, 2.24) is 5.32 Å². The topological polar surface area (TPSA) is 63.8 Å². The minimum atomic E-state index is -0.219. The van der Waals surface area contributed by atoms with Crippen molar-refractivity contribution in [3.63, 3.8) is 0 Å². The van der Waals surface area contributed by atoms with E-state index in [0.29, 0.717) is 44.7 Å². The van der Waals surface area contributed by atoms with Crippen LogP contribution in [0.15, 0.2) is 75.0 Å². The van der Waals surface area contributed by atoms with Crippen molar-refractivity contribution in [2.24, 2.45) is 4.99 Å². The number of amidine groups is 1. The van der Waals surface area contributed by atoms with E-state index in [2.05, 4.69) is 10.3 Å². The number of carbonyl (C=O) groups is 1. The highest BCUT2D eigenvalue weighted by Crippen LogP contribution is 2.33. The molecule has 7 heteroatoms. The van der Waals surface area contributed by atoms with Crippen LogP contribution < -0.4 is 10.1 Å². The molecule has 0 radical (unpaired) electrons. The Hall–Kier alpha value is -2.96. The first-order chi connectivity index (χ1) is 14.1. The third-order valence-corrected chi connectivity index (χ3v) is 5.19. The number of thioether (sulfide) groups is 1. The van der Waals surface area contributed by atoms with Crippen LogP contribution in [0.1, 0.15) is 12.7 Å². The lowest BCUT2D eigenvalue weighted by molar-refractivity contribution is -0.115. The summed E-state index contributed by atoms with van der Waals surface area (Å²) >= 11 is 7.30. The van der Waals surface area contributed by atoms with Crippen LogP contribution in [0.5, 0.6) is 5.75 Å². The first kappa shape index (κ1) is 19.4. The van der Waals surface area contributed by atoms with Gasteiger partial charge in [0.15, 0.2) is 5.17 Å². The molecule has 1 aliphatic rings. The van der Waals surface area contributed by atoms with Gasteiger partial charge >= 0.3 is 0 Å². The van der Waals surface area contributed by atoms with Gasteiger partial charge in [0.05, 0.1) is 11.5 Å². The van der Waals surface area contributed by atoms with E-state index in [4.69, 9.17) is 20.8 Å². The minimum Gasteiger partial charge on any atom is -0.492 e. The maximum atomic E-state index is 12.3. The maximum Gasteiger partial charge on any atom is 0.264 e. The van der Waals surface area contributed by atoms with E-state index in [1.54, 1.807) is 12.1 Å². The Balaban J connectivity index is 1.55. The van der Waals surface area contributed by atoms with Crippen molar-refractivity contribution in [2.75, 3.05) is 6.61 Å². The minimum absolute atomic E-state index is 0.219. The van der Waals surface area contributed by atoms with E-state index in [0.717, 1.165) is 5.56 Å². The molecule has 2 heterocycles. The first-order valence-corrected chi connectivity index (χ1v) is 10.2. The lowest BCUT2D eigenvalue weighted by Gasteiger charge is -2.06. The van der Waals surface area contributed by atoms with Crippen molar-refractivity contribution >= 4 is 46.2 Å². The third kappa shape index (κ3) is 4.55. The van der Waals surface area contributed by atoms with Crippen LogP contribution in [-0.4, -0.2) is 17.7 Å². The van der Waals surface area contributed by atoms with E-state index in [1.165, 1.54) is 11.8 Å². The summed E-state index contributed by atoms with van der Waals surface area (Å²) in [5.74, 6) is 1.71. The number of amides is 1. The van der Waals surface area contributed by atoms with Gasteiger partial charge in [0.2, 0.25) is 0 Å². The molecule has 1 amide bonds. The second kappa shape index (κ2) is 8.59. The fourth-order valence-corrected chi connectivity index (χ4v) is 3.78. The van der Waals surface area contributed by atoms with Crippen LogP contribution >= 0.6 is 23.4 Å². The Bertz CT molecular complexity index is 1120. The zero-order valence-electron chi connectivity index (χ0n) is 15.5. The molecule has 0 unspecified atom stereocenters. The molecule has 2 aromatic carbocycles. The normalized spacial score (nSPS) is 16.4. The van der Waals surface area contributed by atoms with Gasteiger partial charge in [-0.15, -0.1) is 0 Å². The Morgan fingerprint density at radius 1 is 1.17 bits per heavy atom. The number of hydrogen-bond donors (Lipinski definition) is 1. The summed E-state index contributed by atoms with van der Waals surface area (Å²) in [4.78, 5) is 17.4. The van der Waals surface area contributed by atoms with Gasteiger partial charge in [-0.1, -0.05) is 35.9 Å². The number of furan rings is 1. The molecule has 5 nitrogen and oxygen atoms in total. The van der Waals surface area contributed by atoms with Crippen molar-refractivity contribution in [1.29, 1.82) is 0 Å². The Kier molecular flexibility index (Phi) is 5.74. The van der Waals surface area contributed by atoms with Crippen LogP contribution in [0, 0.1) is 0 Å². The van der Waals surface area contributed by atoms with Crippen LogP contribution in [-0.2, 0) is 4.79 Å². The molecule has 0 bridgehead atoms. The predicted molar refractivity (Wildman–Crippen MR) is 118 cm³/mol. The monoisotopic (exact) mass is 424 g/mol. The van der Waals surface area contributed by atoms with E-state index >= 15 is 0 Å². The lowest BCUT2D eigenvalue weighted by atomic mass is 10.2. The van der Waals surface area contributed by atoms with Gasteiger partial charge < -0.3 is 14.5 Å². The molecule has 0 saturated carbocycles. The number of carbonyl (C=O) groups excluding carboxylic acids is 1. The van der Waals surface area contributed by atoms with Crippen molar-refractivity contribution in [2.45, 2.75) is 6.92 Å². The van der Waals surface area contributed by atoms with Crippen molar-refractivity contribution in [3.8, 4) is 17.1 Å². The van der Waals surface area contributed by atoms with Gasteiger partial charge in [-0.2, -0.15) is 0 Å². The summed E-state index contributed by atoms with van der Waals surface area (Å²) in [6.07, 6.45) is 1.70. The number of nitrogens with one attached hydrogen (secondary N) is 1. The van der Waals surface area contributed by atoms with Gasteiger partial charge in [-0.3, -0.25) is 4.79 Å². The largest absolute Gasteiger partial charge is 0.492 e. The number of para-hydroxylation sites is 2. The summed E-state index contributed by atoms with van der Waals surface area (Å²) < 4.78 is 11.4. The highest BCUT2D eigenvalue weighted by Gasteiger charge is 2.24. The lowest BCUT2D eigenvalue weighted by Crippen LogP contribution is -2.19. The summed E-state index contributed by atoms with van der Waals surface area (Å²) in [5, 5.41) is 3.91. The van der Waals surface area contributed by atoms with Crippen molar-refractivity contribution in [3.05, 3.63) is 76.4 Å². The Morgan fingerprint density at radius 2 is 2.03 bits per heavy atom. The number of rotatable bonds is 5. The average Bonchev–Trinajstić information content (AvgIpc) is 3.31. The van der Waals surface area contributed by atoms with Gasteiger partial charge in [-0.25, -0.2) is 4.99 Å². The second-order valence-electron chi connectivity index (χ2n) is 6.09. The molecule has 1 N–H and O–H groups in total. The van der Waals surface area contributed by atoms with E-state index in [9.17, 15) is 4.79 Å². The summed E-state index contributed by atoms with van der Waals surface area (Å²) in [5.41, 5.74) is 1.54. The number of benzene rings is 2. The number of halogens is 1. The van der Waals surface area contributed by atoms with Gasteiger partial charge in [0.1, 0.15) is 23.0 Å². The Morgan fingerprint density at radius 3 is 2.86 bits per heavy atom. The molecule has 1 saturated heterocycles. The molecule has 3 aromatic rings. The van der Waals surface area contributed by atoms with Crippen LogP contribution in [0.4, 0.5) is 5.69 Å². The summed E-state index contributed by atoms with van der Waals surface area (Å²) in [6.45, 7) is 2.46. The summed E-state index contributed by atoms with van der Waals surface area (Å²) in [6, 6.07) is 18.5. The molecule has 146 valence electrons. The zero-order valence-corrected chi connectivity index (χ0v) is 17.1. The molecule has 1 aliphatic heterocycles. The smallest absolute Gasteiger partial charge is 0.264 e. The quantitative estimate of drug-likeness (QED) is 0.518. The van der Waals surface area contributed by atoms with Gasteiger partial charge in [0.25, 0.3) is 5.91 Å². The molecule has 4 rings (SSSR count). The van der Waals surface area contributed by atoms with E-state index in [1.807, 2.05) is 61.5 Å². The molecule has 1 aromatic heterocycles. The first-order valence-electron chi connectivity index (χ1n) is 8.99. The van der Waals surface area contributed by atoms with E-state index < -0.39 is 0 Å². The fraction of sp³-hybridized carbons (Fsp3) is 0.0909. The van der Waals surface area contributed by atoms with Gasteiger partial charge in [0, 0.05) is 16.7 Å². The molecule has 1 fully saturated rings. The number of nitrogens with zero attached hydrogens (tertiary/aromatic N) is 1. The van der Waals surface area contributed by atoms with Crippen LogP contribution in [0.3, 0.4) is 0 Å². The third-order valence-electron chi connectivity index (χ3n) is 4.05. The second-order valence-corrected chi connectivity index (χ2v) is 7.56. The van der Waals surface area contributed by atoms with Gasteiger partial charge in [-0.05, 0) is 55.1 Å². The van der Waals surface area contributed by atoms with Crippen molar-refractivity contribution < 1.29 is 13.9 Å². The number of hydrogen-bond acceptors (Lipinski definition) is 5. The fourth-order valence-electron chi connectivity index (χ4n) is 2.77. The molecule has 0 aliphatic carbocycles. The number of aliphatic imine (C=N–C) groups is 1. The van der Waals surface area contributed by atoms with E-state index in [-0.39, 0.29) is 5.91 Å². The molecular weight excluding hydrogens is 408 g/mol. The highest BCUT2D eigenvalue weighted by atomic mass is 35.5. The summed E-state index contributed by atoms with van der Waals surface area (Å²) in [7, 11) is 0. The standard InChI is InChI=1S/C22H17ClN2O3S/c1-2-27-19-9-4-3-8-17(19)24-22-25-21(26)20(29-22)13-16-10-11-18(28-16)14-6-5-7-15(23)12-14/h3-13H,2H2,1H3,(H,24,25,26). The SMILES string of the molecule is CCOc1ccccc1N=C1NC(=O)C(=Cc2ccc(-c3cccc(Cl)c3)o2)S1. The van der Waals surface area contributed by atoms with Crippen LogP contribution in [0.2, 0.25) is 5.02 Å². The highest BCUT2D eigenvalue weighted by molar-refractivity contribution is 8.18.